The lowest BCUT2D eigenvalue weighted by molar-refractivity contribution is 0.953. The molecule has 124 heavy (non-hydrogen) atoms. The van der Waals surface area contributed by atoms with Crippen LogP contribution in [0.15, 0.2) is 455 Å². The van der Waals surface area contributed by atoms with Crippen molar-refractivity contribution in [2.45, 2.75) is 0 Å². The quantitative estimate of drug-likeness (QED) is 0.108. The smallest absolute Gasteiger partial charge is 0.238 e. The van der Waals surface area contributed by atoms with Crippen LogP contribution < -0.4 is 0 Å². The van der Waals surface area contributed by atoms with E-state index >= 15 is 0 Å². The molecule has 6 heterocycles. The topological polar surface area (TPSA) is 84.2 Å². The molecule has 0 unspecified atom stereocenters. The third-order valence-corrected chi connectivity index (χ3v) is 24.2. The standard InChI is InChI=1S/C58H38N4.C57H37N5/c1-4-14-39(15-5-1)41-24-28-43(29-25-41)52-38-53(44-30-26-42(27-31-44)40-16-6-2-7-17-40)60-58(59-52)62-55-23-13-11-21-49(55)51-37-46(33-35-57(51)62)45-32-34-56-50(36-45)48-20-10-12-22-54(48)61(56)47-18-8-3-9-19-47;1-4-14-38(15-5-1)40-24-28-42(29-25-40)55-58-56(43-30-26-41(27-31-43)39-16-6-2-7-17-39)60-57(59-55)62-52-23-13-11-21-48(52)50-37-45(33-35-54(50)62)44-32-34-53-49(36-44)47-20-10-12-22-51(47)61(53)46-18-8-3-9-19-46/h1-38H;1-37H. The molecule has 0 N–H and O–H groups in total. The Morgan fingerprint density at radius 2 is 0.339 bits per heavy atom. The second-order valence-corrected chi connectivity index (χ2v) is 31.5. The molecule has 0 fully saturated rings. The van der Waals surface area contributed by atoms with Crippen LogP contribution >= 0.6 is 0 Å². The Morgan fingerprint density at radius 1 is 0.129 bits per heavy atom. The van der Waals surface area contributed by atoms with Crippen LogP contribution in [0.3, 0.4) is 0 Å². The largest absolute Gasteiger partial charge is 0.309 e. The molecule has 24 rings (SSSR count). The van der Waals surface area contributed by atoms with Gasteiger partial charge in [0, 0.05) is 76.7 Å². The van der Waals surface area contributed by atoms with Crippen molar-refractivity contribution in [1.82, 2.24) is 43.2 Å². The summed E-state index contributed by atoms with van der Waals surface area (Å²) in [5.41, 5.74) is 30.8. The lowest BCUT2D eigenvalue weighted by Crippen LogP contribution is -2.06. The van der Waals surface area contributed by atoms with Crippen molar-refractivity contribution in [2.75, 3.05) is 0 Å². The van der Waals surface area contributed by atoms with E-state index in [0.29, 0.717) is 23.5 Å². The van der Waals surface area contributed by atoms with Gasteiger partial charge in [0.25, 0.3) is 0 Å². The van der Waals surface area contributed by atoms with Crippen LogP contribution in [0.1, 0.15) is 0 Å². The van der Waals surface area contributed by atoms with Gasteiger partial charge in [0.2, 0.25) is 11.9 Å². The summed E-state index contributed by atoms with van der Waals surface area (Å²) in [5, 5.41) is 9.50. The van der Waals surface area contributed by atoms with Gasteiger partial charge in [-0.1, -0.05) is 352 Å². The SMILES string of the molecule is c1ccc(-c2ccc(-c3cc(-c4ccc(-c5ccccc5)cc4)nc(-n4c5ccccc5c5cc(-c6ccc7c(c6)c6ccccc6n7-c6ccccc6)ccc54)n3)cc2)cc1.c1ccc(-c2ccc(-c3nc(-c4ccc(-c5ccccc5)cc4)nc(-n4c5ccccc5c5cc(-c6ccc7c(c6)c6ccccc6n7-c6ccccc6)ccc54)n3)cc2)cc1. The molecule has 0 amide bonds. The van der Waals surface area contributed by atoms with Crippen molar-refractivity contribution in [2.24, 2.45) is 0 Å². The first-order chi connectivity index (χ1) is 61.5. The number of benzene rings is 18. The molecular weight excluding hydrogens is 1510 g/mol. The minimum atomic E-state index is 0.568. The van der Waals surface area contributed by atoms with E-state index in [2.05, 4.69) is 461 Å². The fourth-order valence-electron chi connectivity index (χ4n) is 18.1. The summed E-state index contributed by atoms with van der Waals surface area (Å²) in [5.74, 6) is 2.42. The van der Waals surface area contributed by atoms with Crippen molar-refractivity contribution >= 4 is 87.2 Å². The molecule has 6 aromatic heterocycles. The van der Waals surface area contributed by atoms with Crippen molar-refractivity contribution in [3.8, 4) is 135 Å². The van der Waals surface area contributed by atoms with Crippen LogP contribution in [0.4, 0.5) is 0 Å². The van der Waals surface area contributed by atoms with Crippen LogP contribution in [0, 0.1) is 0 Å². The van der Waals surface area contributed by atoms with Gasteiger partial charge in [0.05, 0.1) is 55.5 Å². The van der Waals surface area contributed by atoms with Gasteiger partial charge in [-0.25, -0.2) is 15.0 Å². The Hall–Kier alpha value is -16.8. The van der Waals surface area contributed by atoms with Gasteiger partial charge < -0.3 is 9.13 Å². The van der Waals surface area contributed by atoms with Crippen LogP contribution in [0.25, 0.3) is 223 Å². The highest BCUT2D eigenvalue weighted by Crippen LogP contribution is 2.43. The number of hydrogen-bond acceptors (Lipinski definition) is 5. The Labute approximate surface area is 716 Å². The van der Waals surface area contributed by atoms with Crippen LogP contribution in [-0.4, -0.2) is 43.2 Å². The first kappa shape index (κ1) is 72.5. The summed E-state index contributed by atoms with van der Waals surface area (Å²) >= 11 is 0. The van der Waals surface area contributed by atoms with E-state index in [-0.39, 0.29) is 0 Å². The third-order valence-electron chi connectivity index (χ3n) is 24.2. The average molecular weight is 1580 g/mol. The van der Waals surface area contributed by atoms with Gasteiger partial charge in [0.1, 0.15) is 0 Å². The summed E-state index contributed by atoms with van der Waals surface area (Å²) in [4.78, 5) is 26.4. The van der Waals surface area contributed by atoms with E-state index in [9.17, 15) is 0 Å². The number of fused-ring (bicyclic) bond motifs is 12. The number of para-hydroxylation sites is 6. The second-order valence-electron chi connectivity index (χ2n) is 31.5. The zero-order valence-electron chi connectivity index (χ0n) is 67.3. The summed E-state index contributed by atoms with van der Waals surface area (Å²) < 4.78 is 9.14. The molecule has 9 nitrogen and oxygen atoms in total. The molecule has 9 heteroatoms. The lowest BCUT2D eigenvalue weighted by Gasteiger charge is -2.13. The van der Waals surface area contributed by atoms with Crippen molar-refractivity contribution in [3.63, 3.8) is 0 Å². The predicted octanol–water partition coefficient (Wildman–Crippen LogP) is 29.4. The Balaban J connectivity index is 0.000000143. The summed E-state index contributed by atoms with van der Waals surface area (Å²) in [6.45, 7) is 0. The van der Waals surface area contributed by atoms with Gasteiger partial charge in [-0.2, -0.15) is 9.97 Å². The zero-order valence-corrected chi connectivity index (χ0v) is 67.3. The highest BCUT2D eigenvalue weighted by molar-refractivity contribution is 6.15. The Morgan fingerprint density at radius 3 is 0.637 bits per heavy atom. The normalized spacial score (nSPS) is 11.5. The molecule has 0 spiro atoms. The van der Waals surface area contributed by atoms with Gasteiger partial charge in [-0.15, -0.1) is 0 Å². The molecule has 0 aliphatic rings. The highest BCUT2D eigenvalue weighted by Gasteiger charge is 2.24. The molecule has 0 aliphatic carbocycles. The number of nitrogens with zero attached hydrogens (tertiary/aromatic N) is 9. The van der Waals surface area contributed by atoms with E-state index in [0.717, 1.165) is 128 Å². The van der Waals surface area contributed by atoms with Crippen LogP contribution in [-0.2, 0) is 0 Å². The maximum absolute atomic E-state index is 5.36. The first-order valence-corrected chi connectivity index (χ1v) is 42.0. The molecule has 24 aromatic rings. The molecule has 0 saturated carbocycles. The van der Waals surface area contributed by atoms with Crippen molar-refractivity contribution in [3.05, 3.63) is 455 Å². The molecule has 18 aromatic carbocycles. The molecule has 0 bridgehead atoms. The number of aromatic nitrogens is 9. The van der Waals surface area contributed by atoms with Gasteiger partial charge in [-0.3, -0.25) is 9.13 Å². The Bertz CT molecular complexity index is 7460. The summed E-state index contributed by atoms with van der Waals surface area (Å²) in [7, 11) is 0. The number of hydrogen-bond donors (Lipinski definition) is 0. The fourth-order valence-corrected chi connectivity index (χ4v) is 18.1. The molecular formula is C115H75N9. The van der Waals surface area contributed by atoms with E-state index in [1.165, 1.54) is 71.4 Å². The maximum atomic E-state index is 5.36. The van der Waals surface area contributed by atoms with Crippen molar-refractivity contribution in [1.29, 1.82) is 0 Å². The van der Waals surface area contributed by atoms with Crippen LogP contribution in [0.2, 0.25) is 0 Å². The minimum Gasteiger partial charge on any atom is -0.309 e. The average Bonchev–Trinajstić information content (AvgIpc) is 1.62. The molecule has 0 radical (unpaired) electrons. The van der Waals surface area contributed by atoms with Gasteiger partial charge in [-0.05, 0) is 170 Å². The van der Waals surface area contributed by atoms with Gasteiger partial charge >= 0.3 is 0 Å². The van der Waals surface area contributed by atoms with E-state index in [4.69, 9.17) is 24.9 Å². The summed E-state index contributed by atoms with van der Waals surface area (Å²) in [6, 6.07) is 161. The minimum absolute atomic E-state index is 0.568. The van der Waals surface area contributed by atoms with E-state index < -0.39 is 0 Å². The molecule has 0 atom stereocenters. The summed E-state index contributed by atoms with van der Waals surface area (Å²) in [6.07, 6.45) is 0. The van der Waals surface area contributed by atoms with Crippen LogP contribution in [0.5, 0.6) is 0 Å². The molecule has 0 saturated heterocycles. The second kappa shape index (κ2) is 30.9. The third kappa shape index (κ3) is 13.1. The highest BCUT2D eigenvalue weighted by atomic mass is 15.2. The van der Waals surface area contributed by atoms with Gasteiger partial charge in [0.15, 0.2) is 11.6 Å². The zero-order chi connectivity index (χ0) is 82.0. The molecule has 580 valence electrons. The van der Waals surface area contributed by atoms with E-state index in [1.807, 2.05) is 12.1 Å². The first-order valence-electron chi connectivity index (χ1n) is 42.0. The number of rotatable bonds is 14. The fraction of sp³-hybridized carbons (Fsp3) is 0. The Kier molecular flexibility index (Phi) is 18.0. The predicted molar refractivity (Wildman–Crippen MR) is 514 cm³/mol. The van der Waals surface area contributed by atoms with Crippen molar-refractivity contribution < 1.29 is 0 Å². The van der Waals surface area contributed by atoms with E-state index in [1.54, 1.807) is 0 Å². The lowest BCUT2D eigenvalue weighted by atomic mass is 10.0. The molecule has 0 aliphatic heterocycles. The maximum Gasteiger partial charge on any atom is 0.238 e. The monoisotopic (exact) mass is 1580 g/mol.